The molecule has 0 radical (unpaired) electrons. The Bertz CT molecular complexity index is 1210. The molecule has 0 aliphatic carbocycles. The highest BCUT2D eigenvalue weighted by Crippen LogP contribution is 2.36. The molecule has 0 fully saturated rings. The number of sulfonamides is 1. The quantitative estimate of drug-likeness (QED) is 0.696. The maximum atomic E-state index is 13.0. The van der Waals surface area contributed by atoms with Gasteiger partial charge in [-0.2, -0.15) is 13.2 Å². The van der Waals surface area contributed by atoms with Crippen LogP contribution in [0.25, 0.3) is 11.1 Å². The molecule has 27 heavy (non-hydrogen) atoms. The van der Waals surface area contributed by atoms with E-state index in [2.05, 4.69) is 4.72 Å². The Morgan fingerprint density at radius 3 is 2.48 bits per heavy atom. The van der Waals surface area contributed by atoms with Crippen molar-refractivity contribution in [3.63, 3.8) is 0 Å². The minimum atomic E-state index is -4.73. The number of fused-ring (bicyclic) bond motifs is 1. The molecule has 144 valence electrons. The first kappa shape index (κ1) is 19.3. The van der Waals surface area contributed by atoms with Gasteiger partial charge < -0.3 is 4.42 Å². The average molecular weight is 421 g/mol. The highest BCUT2D eigenvalue weighted by Gasteiger charge is 2.33. The summed E-state index contributed by atoms with van der Waals surface area (Å²) in [6.45, 7) is 1.48. The fourth-order valence-corrected chi connectivity index (χ4v) is 4.08. The van der Waals surface area contributed by atoms with Gasteiger partial charge in [-0.3, -0.25) is 9.29 Å². The van der Waals surface area contributed by atoms with Crippen LogP contribution in [0.15, 0.2) is 44.4 Å². The Kier molecular flexibility index (Phi) is 4.51. The van der Waals surface area contributed by atoms with Crippen molar-refractivity contribution in [3.05, 3.63) is 57.0 Å². The number of oxazole rings is 1. The zero-order chi connectivity index (χ0) is 20.1. The topological polar surface area (TPSA) is 81.3 Å². The molecule has 0 saturated heterocycles. The van der Waals surface area contributed by atoms with Crippen LogP contribution in [0, 0.1) is 6.92 Å². The Hall–Kier alpha value is -2.46. The minimum Gasteiger partial charge on any atom is -0.408 e. The lowest BCUT2D eigenvalue weighted by molar-refractivity contribution is -0.137. The molecule has 1 aromatic heterocycles. The molecule has 3 aromatic rings. The third-order valence-corrected chi connectivity index (χ3v) is 5.76. The predicted molar refractivity (Wildman–Crippen MR) is 93.5 cm³/mol. The van der Waals surface area contributed by atoms with Crippen molar-refractivity contribution in [2.45, 2.75) is 18.0 Å². The summed E-state index contributed by atoms with van der Waals surface area (Å²) in [7, 11) is -2.83. The molecular weight excluding hydrogens is 409 g/mol. The second-order valence-corrected chi connectivity index (χ2v) is 7.87. The number of anilines is 1. The van der Waals surface area contributed by atoms with Gasteiger partial charge in [-0.15, -0.1) is 0 Å². The number of benzene rings is 2. The molecule has 1 N–H and O–H groups in total. The largest absolute Gasteiger partial charge is 0.419 e. The molecule has 0 bridgehead atoms. The third-order valence-electron chi connectivity index (χ3n) is 3.90. The zero-order valence-corrected chi connectivity index (χ0v) is 15.5. The second kappa shape index (κ2) is 6.31. The van der Waals surface area contributed by atoms with Gasteiger partial charge >= 0.3 is 11.9 Å². The van der Waals surface area contributed by atoms with E-state index in [4.69, 9.17) is 16.0 Å². The average Bonchev–Trinajstić information content (AvgIpc) is 2.81. The molecule has 1 heterocycles. The second-order valence-electron chi connectivity index (χ2n) is 5.81. The first-order valence-corrected chi connectivity index (χ1v) is 9.26. The summed E-state index contributed by atoms with van der Waals surface area (Å²) >= 11 is 5.54. The molecule has 0 unspecified atom stereocenters. The number of aromatic nitrogens is 1. The zero-order valence-electron chi connectivity index (χ0n) is 13.9. The van der Waals surface area contributed by atoms with E-state index in [9.17, 15) is 26.4 Å². The van der Waals surface area contributed by atoms with Crippen molar-refractivity contribution in [2.24, 2.45) is 7.05 Å². The van der Waals surface area contributed by atoms with E-state index >= 15 is 0 Å². The van der Waals surface area contributed by atoms with Gasteiger partial charge in [0.1, 0.15) is 0 Å². The van der Waals surface area contributed by atoms with Gasteiger partial charge in [-0.05, 0) is 42.8 Å². The maximum Gasteiger partial charge on any atom is 0.419 e. The summed E-state index contributed by atoms with van der Waals surface area (Å²) in [5.74, 6) is -0.667. The number of nitrogens with one attached hydrogen (secondary N) is 1. The maximum absolute atomic E-state index is 13.0. The van der Waals surface area contributed by atoms with E-state index in [0.29, 0.717) is 6.07 Å². The lowest BCUT2D eigenvalue weighted by Gasteiger charge is -2.14. The highest BCUT2D eigenvalue weighted by molar-refractivity contribution is 7.92. The molecule has 3 rings (SSSR count). The van der Waals surface area contributed by atoms with Crippen molar-refractivity contribution < 1.29 is 26.0 Å². The lowest BCUT2D eigenvalue weighted by Crippen LogP contribution is -2.16. The van der Waals surface area contributed by atoms with Crippen LogP contribution in [0.3, 0.4) is 0 Å². The minimum absolute atomic E-state index is 0.199. The highest BCUT2D eigenvalue weighted by atomic mass is 35.5. The van der Waals surface area contributed by atoms with Gasteiger partial charge in [0.05, 0.1) is 21.0 Å². The predicted octanol–water partition coefficient (Wildman–Crippen LogP) is 3.91. The number of rotatable bonds is 3. The molecule has 2 aromatic carbocycles. The molecule has 11 heteroatoms. The van der Waals surface area contributed by atoms with Crippen molar-refractivity contribution >= 4 is 38.4 Å². The molecule has 0 atom stereocenters. The number of hydrogen-bond acceptors (Lipinski definition) is 4. The van der Waals surface area contributed by atoms with Gasteiger partial charge in [-0.1, -0.05) is 11.6 Å². The summed E-state index contributed by atoms with van der Waals surface area (Å²) in [5.41, 5.74) is -0.765. The number of nitrogens with zero attached hydrogens (tertiary/aromatic N) is 1. The van der Waals surface area contributed by atoms with Gasteiger partial charge in [0, 0.05) is 12.7 Å². The summed E-state index contributed by atoms with van der Waals surface area (Å²) in [4.78, 5) is 11.4. The van der Waals surface area contributed by atoms with E-state index in [-0.39, 0.29) is 27.2 Å². The summed E-state index contributed by atoms with van der Waals surface area (Å²) < 4.78 is 72.5. The van der Waals surface area contributed by atoms with Crippen LogP contribution >= 0.6 is 11.6 Å². The molecule has 0 saturated carbocycles. The van der Waals surface area contributed by atoms with E-state index < -0.39 is 32.5 Å². The van der Waals surface area contributed by atoms with Crippen LogP contribution in [0.4, 0.5) is 18.9 Å². The van der Waals surface area contributed by atoms with Crippen molar-refractivity contribution in [2.75, 3.05) is 4.72 Å². The summed E-state index contributed by atoms with van der Waals surface area (Å²) in [6, 6.07) is 5.28. The first-order valence-electron chi connectivity index (χ1n) is 7.40. The van der Waals surface area contributed by atoms with Gasteiger partial charge in [0.2, 0.25) is 0 Å². The number of aryl methyl sites for hydroxylation is 2. The molecule has 0 aliphatic rings. The van der Waals surface area contributed by atoms with E-state index in [1.807, 2.05) is 0 Å². The molecular formula is C16H12ClF3N2O4S. The van der Waals surface area contributed by atoms with Crippen LogP contribution in [0.5, 0.6) is 0 Å². The van der Waals surface area contributed by atoms with E-state index in [1.165, 1.54) is 26.1 Å². The Balaban J connectivity index is 2.08. The SMILES string of the molecule is Cc1cc2oc(=O)n(C)c2cc1S(=O)(=O)Nc1ccc(Cl)c(C(F)(F)F)c1. The normalized spacial score (nSPS) is 12.5. The first-order chi connectivity index (χ1) is 12.4. The van der Waals surface area contributed by atoms with Crippen LogP contribution in [-0.4, -0.2) is 13.0 Å². The monoisotopic (exact) mass is 420 g/mol. The molecule has 0 spiro atoms. The molecule has 0 amide bonds. The van der Waals surface area contributed by atoms with Crippen molar-refractivity contribution in [3.8, 4) is 0 Å². The van der Waals surface area contributed by atoms with Gasteiger partial charge in [-0.25, -0.2) is 13.2 Å². The third kappa shape index (κ3) is 3.54. The molecule has 6 nitrogen and oxygen atoms in total. The molecule has 0 aliphatic heterocycles. The standard InChI is InChI=1S/C16H12ClF3N2O4S/c1-8-5-13-12(22(2)15(23)26-13)7-14(8)27(24,25)21-9-3-4-11(17)10(6-9)16(18,19)20/h3-7,21H,1-2H3. The Morgan fingerprint density at radius 1 is 1.19 bits per heavy atom. The lowest BCUT2D eigenvalue weighted by atomic mass is 10.2. The number of alkyl halides is 3. The Morgan fingerprint density at radius 2 is 1.85 bits per heavy atom. The Labute approximate surface area is 156 Å². The van der Waals surface area contributed by atoms with Crippen molar-refractivity contribution in [1.29, 1.82) is 0 Å². The van der Waals surface area contributed by atoms with Crippen LogP contribution < -0.4 is 10.5 Å². The fraction of sp³-hybridized carbons (Fsp3) is 0.188. The van der Waals surface area contributed by atoms with Crippen molar-refractivity contribution in [1.82, 2.24) is 4.57 Å². The van der Waals surface area contributed by atoms with Gasteiger partial charge in [0.25, 0.3) is 10.0 Å². The van der Waals surface area contributed by atoms with Crippen LogP contribution in [0.1, 0.15) is 11.1 Å². The smallest absolute Gasteiger partial charge is 0.408 e. The van der Waals surface area contributed by atoms with Gasteiger partial charge in [0.15, 0.2) is 5.58 Å². The number of halogens is 4. The number of hydrogen-bond donors (Lipinski definition) is 1. The summed E-state index contributed by atoms with van der Waals surface area (Å²) in [6.07, 6.45) is -4.73. The van der Waals surface area contributed by atoms with Crippen LogP contribution in [0.2, 0.25) is 5.02 Å². The van der Waals surface area contributed by atoms with E-state index in [0.717, 1.165) is 16.7 Å². The fourth-order valence-electron chi connectivity index (χ4n) is 2.56. The van der Waals surface area contributed by atoms with Crippen LogP contribution in [-0.2, 0) is 23.2 Å². The van der Waals surface area contributed by atoms with E-state index in [1.54, 1.807) is 0 Å². The summed E-state index contributed by atoms with van der Waals surface area (Å²) in [5, 5.41) is -0.545.